The van der Waals surface area contributed by atoms with Gasteiger partial charge in [-0.1, -0.05) is 12.2 Å². The highest BCUT2D eigenvalue weighted by Crippen LogP contribution is 2.20. The average molecular weight is 136 g/mol. The number of hydrogen-bond acceptors (Lipinski definition) is 1. The summed E-state index contributed by atoms with van der Waals surface area (Å²) in [4.78, 5) is 11.0. The molecule has 1 rings (SSSR count). The standard InChI is InChI=1S/C9H12O/c1-3-8-5-4-7(2)9(10)6-8/h3-4,8H,1,5-6H2,2H3/t8-/m1/s1. The molecule has 0 N–H and O–H groups in total. The maximum Gasteiger partial charge on any atom is 0.158 e. The van der Waals surface area contributed by atoms with E-state index in [2.05, 4.69) is 6.58 Å². The molecule has 0 unspecified atom stereocenters. The van der Waals surface area contributed by atoms with Gasteiger partial charge >= 0.3 is 0 Å². The predicted molar refractivity (Wildman–Crippen MR) is 41.7 cm³/mol. The van der Waals surface area contributed by atoms with Crippen LogP contribution in [0.2, 0.25) is 0 Å². The van der Waals surface area contributed by atoms with Gasteiger partial charge in [-0.05, 0) is 24.8 Å². The van der Waals surface area contributed by atoms with E-state index >= 15 is 0 Å². The summed E-state index contributed by atoms with van der Waals surface area (Å²) in [6, 6.07) is 0. The van der Waals surface area contributed by atoms with Gasteiger partial charge in [-0.25, -0.2) is 0 Å². The van der Waals surface area contributed by atoms with Crippen LogP contribution in [0.15, 0.2) is 24.3 Å². The first-order valence-electron chi connectivity index (χ1n) is 3.56. The first-order chi connectivity index (χ1) is 4.74. The lowest BCUT2D eigenvalue weighted by atomic mass is 9.89. The van der Waals surface area contributed by atoms with Crippen molar-refractivity contribution in [1.82, 2.24) is 0 Å². The van der Waals surface area contributed by atoms with Crippen LogP contribution in [0.4, 0.5) is 0 Å². The van der Waals surface area contributed by atoms with Crippen molar-refractivity contribution in [2.45, 2.75) is 19.8 Å². The van der Waals surface area contributed by atoms with Gasteiger partial charge < -0.3 is 0 Å². The number of carbonyl (C=O) groups is 1. The summed E-state index contributed by atoms with van der Waals surface area (Å²) < 4.78 is 0. The Kier molecular flexibility index (Phi) is 2.05. The van der Waals surface area contributed by atoms with Crippen molar-refractivity contribution in [3.63, 3.8) is 0 Å². The number of allylic oxidation sites excluding steroid dienone is 3. The minimum Gasteiger partial charge on any atom is -0.295 e. The molecule has 1 aliphatic carbocycles. The van der Waals surface area contributed by atoms with E-state index in [0.717, 1.165) is 12.0 Å². The molecule has 0 amide bonds. The maximum absolute atomic E-state index is 11.0. The molecular formula is C9H12O. The van der Waals surface area contributed by atoms with Crippen molar-refractivity contribution in [3.05, 3.63) is 24.3 Å². The third-order valence-electron chi connectivity index (χ3n) is 1.95. The van der Waals surface area contributed by atoms with Gasteiger partial charge in [-0.3, -0.25) is 4.79 Å². The molecule has 0 aromatic rings. The molecule has 0 fully saturated rings. The largest absolute Gasteiger partial charge is 0.295 e. The van der Waals surface area contributed by atoms with Crippen molar-refractivity contribution >= 4 is 5.78 Å². The summed E-state index contributed by atoms with van der Waals surface area (Å²) in [6.45, 7) is 5.54. The van der Waals surface area contributed by atoms with Crippen LogP contribution in [-0.2, 0) is 4.79 Å². The first kappa shape index (κ1) is 7.26. The molecule has 1 atom stereocenters. The Labute approximate surface area is 61.4 Å². The molecule has 10 heavy (non-hydrogen) atoms. The van der Waals surface area contributed by atoms with E-state index in [0.29, 0.717) is 12.3 Å². The molecule has 1 heteroatoms. The second kappa shape index (κ2) is 2.82. The highest BCUT2D eigenvalue weighted by atomic mass is 16.1. The third kappa shape index (κ3) is 1.35. The van der Waals surface area contributed by atoms with Gasteiger partial charge in [0.15, 0.2) is 5.78 Å². The van der Waals surface area contributed by atoms with Gasteiger partial charge in [0.25, 0.3) is 0 Å². The quantitative estimate of drug-likeness (QED) is 0.504. The molecule has 0 aromatic heterocycles. The highest BCUT2D eigenvalue weighted by Gasteiger charge is 2.15. The Morgan fingerprint density at radius 1 is 1.80 bits per heavy atom. The average Bonchev–Trinajstić information content (AvgIpc) is 1.95. The minimum absolute atomic E-state index is 0.274. The van der Waals surface area contributed by atoms with Gasteiger partial charge in [0, 0.05) is 6.42 Å². The maximum atomic E-state index is 11.0. The van der Waals surface area contributed by atoms with Crippen LogP contribution in [0.25, 0.3) is 0 Å². The molecule has 0 saturated heterocycles. The molecule has 54 valence electrons. The molecule has 0 aliphatic heterocycles. The van der Waals surface area contributed by atoms with E-state index in [1.807, 2.05) is 19.1 Å². The van der Waals surface area contributed by atoms with Crippen molar-refractivity contribution in [2.75, 3.05) is 0 Å². The molecule has 1 nitrogen and oxygen atoms in total. The Morgan fingerprint density at radius 3 is 3.00 bits per heavy atom. The Morgan fingerprint density at radius 2 is 2.50 bits per heavy atom. The van der Waals surface area contributed by atoms with E-state index < -0.39 is 0 Å². The Hall–Kier alpha value is -0.850. The fraction of sp³-hybridized carbons (Fsp3) is 0.444. The molecule has 1 aliphatic rings. The van der Waals surface area contributed by atoms with Crippen molar-refractivity contribution in [3.8, 4) is 0 Å². The molecule has 0 radical (unpaired) electrons. The fourth-order valence-corrected chi connectivity index (χ4v) is 1.10. The van der Waals surface area contributed by atoms with Gasteiger partial charge in [0.2, 0.25) is 0 Å². The SMILES string of the molecule is C=C[C@@H]1CC=C(C)C(=O)C1. The van der Waals surface area contributed by atoms with Gasteiger partial charge in [-0.2, -0.15) is 0 Å². The van der Waals surface area contributed by atoms with E-state index in [4.69, 9.17) is 0 Å². The predicted octanol–water partition coefficient (Wildman–Crippen LogP) is 2.10. The van der Waals surface area contributed by atoms with E-state index in [9.17, 15) is 4.79 Å². The summed E-state index contributed by atoms with van der Waals surface area (Å²) in [5.41, 5.74) is 0.915. The number of rotatable bonds is 1. The van der Waals surface area contributed by atoms with Crippen molar-refractivity contribution in [2.24, 2.45) is 5.92 Å². The van der Waals surface area contributed by atoms with Crippen LogP contribution in [0.3, 0.4) is 0 Å². The van der Waals surface area contributed by atoms with Crippen LogP contribution >= 0.6 is 0 Å². The lowest BCUT2D eigenvalue weighted by molar-refractivity contribution is -0.116. The van der Waals surface area contributed by atoms with Crippen molar-refractivity contribution < 1.29 is 4.79 Å². The molecular weight excluding hydrogens is 124 g/mol. The summed E-state index contributed by atoms with van der Waals surface area (Å²) in [5.74, 6) is 0.660. The molecule has 0 bridgehead atoms. The smallest absolute Gasteiger partial charge is 0.158 e. The van der Waals surface area contributed by atoms with Gasteiger partial charge in [0.05, 0.1) is 0 Å². The number of Topliss-reactive ketones (excluding diaryl/α,β-unsaturated/α-hetero) is 1. The number of carbonyl (C=O) groups excluding carboxylic acids is 1. The zero-order valence-electron chi connectivity index (χ0n) is 6.26. The van der Waals surface area contributed by atoms with Gasteiger partial charge in [0.1, 0.15) is 0 Å². The zero-order chi connectivity index (χ0) is 7.56. The summed E-state index contributed by atoms with van der Waals surface area (Å²) in [7, 11) is 0. The Bertz CT molecular complexity index is 189. The van der Waals surface area contributed by atoms with Crippen LogP contribution < -0.4 is 0 Å². The fourth-order valence-electron chi connectivity index (χ4n) is 1.10. The number of hydrogen-bond donors (Lipinski definition) is 0. The second-order valence-electron chi connectivity index (χ2n) is 2.75. The zero-order valence-corrected chi connectivity index (χ0v) is 6.26. The van der Waals surface area contributed by atoms with Crippen LogP contribution in [-0.4, -0.2) is 5.78 Å². The lowest BCUT2D eigenvalue weighted by Gasteiger charge is -2.14. The van der Waals surface area contributed by atoms with Crippen molar-refractivity contribution in [1.29, 1.82) is 0 Å². The second-order valence-corrected chi connectivity index (χ2v) is 2.75. The molecule has 0 heterocycles. The third-order valence-corrected chi connectivity index (χ3v) is 1.95. The summed E-state index contributed by atoms with van der Waals surface area (Å²) in [6.07, 6.45) is 5.51. The minimum atomic E-state index is 0.274. The summed E-state index contributed by atoms with van der Waals surface area (Å²) in [5, 5.41) is 0. The molecule has 0 saturated carbocycles. The van der Waals surface area contributed by atoms with Gasteiger partial charge in [-0.15, -0.1) is 6.58 Å². The van der Waals surface area contributed by atoms with Crippen LogP contribution in [0.1, 0.15) is 19.8 Å². The Balaban J connectivity index is 2.68. The lowest BCUT2D eigenvalue weighted by Crippen LogP contribution is -2.11. The monoisotopic (exact) mass is 136 g/mol. The van der Waals surface area contributed by atoms with E-state index in [1.165, 1.54) is 0 Å². The van der Waals surface area contributed by atoms with Crippen LogP contribution in [0.5, 0.6) is 0 Å². The topological polar surface area (TPSA) is 17.1 Å². The molecule has 0 aromatic carbocycles. The van der Waals surface area contributed by atoms with E-state index in [1.54, 1.807) is 0 Å². The van der Waals surface area contributed by atoms with Crippen LogP contribution in [0, 0.1) is 5.92 Å². The highest BCUT2D eigenvalue weighted by molar-refractivity contribution is 5.95. The number of ketones is 1. The first-order valence-corrected chi connectivity index (χ1v) is 3.56. The van der Waals surface area contributed by atoms with E-state index in [-0.39, 0.29) is 5.78 Å². The normalized spacial score (nSPS) is 25.9. The molecule has 0 spiro atoms. The summed E-state index contributed by atoms with van der Waals surface area (Å²) >= 11 is 0.